The topological polar surface area (TPSA) is 22.0 Å². The largest absolute Gasteiger partial charge is 0.350 e. The molecule has 0 N–H and O–H groups in total. The second-order valence-corrected chi connectivity index (χ2v) is 5.45. The number of carbonyl (C=O) groups excluding carboxylic acids is 1. The molecule has 1 heterocycles. The van der Waals surface area contributed by atoms with Gasteiger partial charge in [0.1, 0.15) is 5.78 Å². The van der Waals surface area contributed by atoms with Crippen molar-refractivity contribution < 1.29 is 4.79 Å². The number of benzene rings is 1. The zero-order chi connectivity index (χ0) is 12.0. The molecule has 2 nitrogen and oxygen atoms in total. The van der Waals surface area contributed by atoms with Gasteiger partial charge in [0, 0.05) is 42.4 Å². The molecule has 1 aliphatic carbocycles. The van der Waals surface area contributed by atoms with Crippen LogP contribution in [0, 0.1) is 0 Å². The molecule has 1 unspecified atom stereocenters. The van der Waals surface area contributed by atoms with Crippen molar-refractivity contribution in [2.45, 2.75) is 31.6 Å². The fourth-order valence-corrected chi connectivity index (χ4v) is 3.08. The van der Waals surface area contributed by atoms with Gasteiger partial charge >= 0.3 is 0 Å². The quantitative estimate of drug-likeness (QED) is 0.733. The number of carbonyl (C=O) groups is 1. The Labute approximate surface area is 101 Å². The number of hydrogen-bond donors (Lipinski definition) is 0. The van der Waals surface area contributed by atoms with Gasteiger partial charge in [-0.2, -0.15) is 0 Å². The molecule has 0 bridgehead atoms. The third-order valence-electron chi connectivity index (χ3n) is 4.09. The number of aromatic nitrogens is 1. The number of hydrogen-bond acceptors (Lipinski definition) is 1. The summed E-state index contributed by atoms with van der Waals surface area (Å²) in [5.41, 5.74) is 2.63. The summed E-state index contributed by atoms with van der Waals surface area (Å²) in [5.74, 6) is 0.403. The van der Waals surface area contributed by atoms with Crippen molar-refractivity contribution in [3.63, 3.8) is 0 Å². The lowest BCUT2D eigenvalue weighted by atomic mass is 9.81. The molecule has 17 heavy (non-hydrogen) atoms. The maximum atomic E-state index is 11.6. The first-order chi connectivity index (χ1) is 8.10. The van der Waals surface area contributed by atoms with Gasteiger partial charge < -0.3 is 4.57 Å². The van der Waals surface area contributed by atoms with Gasteiger partial charge in [0.25, 0.3) is 0 Å². The van der Waals surface area contributed by atoms with Crippen LogP contribution in [0.15, 0.2) is 30.5 Å². The summed E-state index contributed by atoms with van der Waals surface area (Å²) in [6.07, 6.45) is 4.61. The summed E-state index contributed by atoms with van der Waals surface area (Å²) in [4.78, 5) is 11.6. The lowest BCUT2D eigenvalue weighted by Crippen LogP contribution is -2.17. The molecule has 1 atom stereocenters. The summed E-state index contributed by atoms with van der Waals surface area (Å²) in [6.45, 7) is 2.22. The van der Waals surface area contributed by atoms with E-state index in [0.717, 1.165) is 12.8 Å². The van der Waals surface area contributed by atoms with E-state index in [1.54, 1.807) is 0 Å². The standard InChI is InChI=1S/C15H17NO/c1-15(8-7-11(17)9-15)13-10-16(2)14-6-4-3-5-12(13)14/h3-6,10H,7-9H2,1-2H3. The van der Waals surface area contributed by atoms with E-state index in [4.69, 9.17) is 0 Å². The third kappa shape index (κ3) is 1.51. The molecule has 0 amide bonds. The number of Topliss-reactive ketones (excluding diaryl/α,β-unsaturated/α-hetero) is 1. The first kappa shape index (κ1) is 10.6. The van der Waals surface area contributed by atoms with Crippen LogP contribution in [0.1, 0.15) is 31.7 Å². The molecule has 0 saturated heterocycles. The second kappa shape index (κ2) is 3.46. The molecule has 1 aliphatic rings. The Morgan fingerprint density at radius 3 is 2.76 bits per heavy atom. The van der Waals surface area contributed by atoms with E-state index in [-0.39, 0.29) is 5.41 Å². The highest BCUT2D eigenvalue weighted by atomic mass is 16.1. The summed E-state index contributed by atoms with van der Waals surface area (Å²) in [5, 5.41) is 1.30. The van der Waals surface area contributed by atoms with E-state index >= 15 is 0 Å². The molecule has 2 aromatic rings. The van der Waals surface area contributed by atoms with Crippen LogP contribution < -0.4 is 0 Å². The van der Waals surface area contributed by atoms with Crippen LogP contribution >= 0.6 is 0 Å². The Bertz CT molecular complexity index is 596. The highest BCUT2D eigenvalue weighted by Gasteiger charge is 2.37. The second-order valence-electron chi connectivity index (χ2n) is 5.45. The molecule has 0 spiro atoms. The van der Waals surface area contributed by atoms with Crippen molar-refractivity contribution in [1.82, 2.24) is 4.57 Å². The molecule has 1 fully saturated rings. The monoisotopic (exact) mass is 227 g/mol. The maximum Gasteiger partial charge on any atom is 0.133 e. The van der Waals surface area contributed by atoms with Crippen molar-refractivity contribution in [3.05, 3.63) is 36.0 Å². The SMILES string of the molecule is Cn1cc(C2(C)CCC(=O)C2)c2ccccc21. The van der Waals surface area contributed by atoms with Crippen molar-refractivity contribution in [2.24, 2.45) is 7.05 Å². The Balaban J connectivity index is 2.21. The number of rotatable bonds is 1. The predicted octanol–water partition coefficient (Wildman–Crippen LogP) is 3.19. The van der Waals surface area contributed by atoms with Crippen molar-refractivity contribution in [2.75, 3.05) is 0 Å². The minimum atomic E-state index is 0.0396. The van der Waals surface area contributed by atoms with Crippen LogP contribution in [0.4, 0.5) is 0 Å². The van der Waals surface area contributed by atoms with E-state index in [2.05, 4.69) is 49.0 Å². The summed E-state index contributed by atoms with van der Waals surface area (Å²) >= 11 is 0. The van der Waals surface area contributed by atoms with Crippen LogP contribution in [0.5, 0.6) is 0 Å². The molecule has 0 aliphatic heterocycles. The maximum absolute atomic E-state index is 11.6. The van der Waals surface area contributed by atoms with Crippen LogP contribution in [0.25, 0.3) is 10.9 Å². The average molecular weight is 227 g/mol. The van der Waals surface area contributed by atoms with Gasteiger partial charge in [-0.1, -0.05) is 25.1 Å². The molecule has 2 heteroatoms. The number of aryl methyl sites for hydroxylation is 1. The third-order valence-corrected chi connectivity index (χ3v) is 4.09. The molecule has 88 valence electrons. The number of ketones is 1. The number of nitrogens with zero attached hydrogens (tertiary/aromatic N) is 1. The van der Waals surface area contributed by atoms with E-state index in [0.29, 0.717) is 12.2 Å². The minimum Gasteiger partial charge on any atom is -0.350 e. The Kier molecular flexibility index (Phi) is 2.15. The van der Waals surface area contributed by atoms with Crippen LogP contribution in [-0.4, -0.2) is 10.4 Å². The van der Waals surface area contributed by atoms with Gasteiger partial charge in [0.2, 0.25) is 0 Å². The van der Waals surface area contributed by atoms with E-state index in [1.807, 2.05) is 0 Å². The number of fused-ring (bicyclic) bond motifs is 1. The highest BCUT2D eigenvalue weighted by molar-refractivity contribution is 5.88. The normalized spacial score (nSPS) is 24.7. The van der Waals surface area contributed by atoms with E-state index in [1.165, 1.54) is 16.5 Å². The zero-order valence-electron chi connectivity index (χ0n) is 10.4. The molecule has 1 aromatic carbocycles. The van der Waals surface area contributed by atoms with Crippen LogP contribution in [-0.2, 0) is 17.3 Å². The Morgan fingerprint density at radius 1 is 1.29 bits per heavy atom. The summed E-state index contributed by atoms with van der Waals surface area (Å²) in [7, 11) is 2.08. The average Bonchev–Trinajstić information content (AvgIpc) is 2.83. The predicted molar refractivity (Wildman–Crippen MR) is 69.1 cm³/mol. The van der Waals surface area contributed by atoms with Crippen molar-refractivity contribution >= 4 is 16.7 Å². The van der Waals surface area contributed by atoms with Crippen molar-refractivity contribution in [3.8, 4) is 0 Å². The molecule has 1 saturated carbocycles. The number of para-hydroxylation sites is 1. The van der Waals surface area contributed by atoms with Crippen LogP contribution in [0.3, 0.4) is 0 Å². The minimum absolute atomic E-state index is 0.0396. The smallest absolute Gasteiger partial charge is 0.133 e. The highest BCUT2D eigenvalue weighted by Crippen LogP contribution is 2.42. The molecular weight excluding hydrogens is 210 g/mol. The van der Waals surface area contributed by atoms with Gasteiger partial charge in [-0.25, -0.2) is 0 Å². The van der Waals surface area contributed by atoms with Gasteiger partial charge in [-0.05, 0) is 18.1 Å². The van der Waals surface area contributed by atoms with Crippen molar-refractivity contribution in [1.29, 1.82) is 0 Å². The fourth-order valence-electron chi connectivity index (χ4n) is 3.08. The first-order valence-electron chi connectivity index (χ1n) is 6.16. The molecule has 1 aromatic heterocycles. The summed E-state index contributed by atoms with van der Waals surface area (Å²) in [6, 6.07) is 8.44. The zero-order valence-corrected chi connectivity index (χ0v) is 10.4. The molecule has 3 rings (SSSR count). The lowest BCUT2D eigenvalue weighted by molar-refractivity contribution is -0.117. The molecular formula is C15H17NO. The van der Waals surface area contributed by atoms with E-state index in [9.17, 15) is 4.79 Å². The lowest BCUT2D eigenvalue weighted by Gasteiger charge is -2.22. The van der Waals surface area contributed by atoms with Crippen LogP contribution in [0.2, 0.25) is 0 Å². The van der Waals surface area contributed by atoms with Gasteiger partial charge in [-0.15, -0.1) is 0 Å². The van der Waals surface area contributed by atoms with E-state index < -0.39 is 0 Å². The Morgan fingerprint density at radius 2 is 2.06 bits per heavy atom. The molecule has 0 radical (unpaired) electrons. The Hall–Kier alpha value is -1.57. The fraction of sp³-hybridized carbons (Fsp3) is 0.400. The first-order valence-corrected chi connectivity index (χ1v) is 6.16. The van der Waals surface area contributed by atoms with Gasteiger partial charge in [-0.3, -0.25) is 4.79 Å². The summed E-state index contributed by atoms with van der Waals surface area (Å²) < 4.78 is 2.17. The van der Waals surface area contributed by atoms with Gasteiger partial charge in [0.15, 0.2) is 0 Å². The van der Waals surface area contributed by atoms with Gasteiger partial charge in [0.05, 0.1) is 0 Å².